The summed E-state index contributed by atoms with van der Waals surface area (Å²) in [5.74, 6) is 0.326. The largest absolute Gasteiger partial charge is 0.376 e. The zero-order chi connectivity index (χ0) is 25.9. The van der Waals surface area contributed by atoms with Gasteiger partial charge in [0.1, 0.15) is 0 Å². The van der Waals surface area contributed by atoms with Gasteiger partial charge in [0.25, 0.3) is 5.78 Å². The molecule has 0 aliphatic heterocycles. The maximum atomic E-state index is 13.0. The first kappa shape index (κ1) is 26.9. The smallest absolute Gasteiger partial charge is 0.253 e. The number of fused-ring (bicyclic) bond motifs is 1. The molecule has 10 nitrogen and oxygen atoms in total. The molecule has 0 unspecified atom stereocenters. The number of hydrogen-bond donors (Lipinski definition) is 1. The van der Waals surface area contributed by atoms with Crippen molar-refractivity contribution >= 4 is 44.8 Å². The number of carbonyl (C=O) groups excluding carboxylic acids is 1. The number of rotatable bonds is 10. The van der Waals surface area contributed by atoms with E-state index < -0.39 is 10.0 Å². The first-order valence-electron chi connectivity index (χ1n) is 11.4. The maximum Gasteiger partial charge on any atom is 0.253 e. The maximum absolute atomic E-state index is 13.0. The summed E-state index contributed by atoms with van der Waals surface area (Å²) in [6.07, 6.45) is 2.58. The Balaban J connectivity index is 1.84. The zero-order valence-corrected chi connectivity index (χ0v) is 22.9. The van der Waals surface area contributed by atoms with Crippen molar-refractivity contribution in [2.45, 2.75) is 50.6 Å². The Morgan fingerprint density at radius 3 is 2.43 bits per heavy atom. The van der Waals surface area contributed by atoms with Crippen LogP contribution in [0.2, 0.25) is 0 Å². The van der Waals surface area contributed by atoms with E-state index in [2.05, 4.69) is 20.4 Å². The predicted octanol–water partition coefficient (Wildman–Crippen LogP) is 3.13. The second-order valence-corrected chi connectivity index (χ2v) is 11.0. The standard InChI is InChI=1S/C23H33N7O3S2/c1-8-29(9-2)35(32,33)17-10-12-20(28(5)6)19(14-17)25-21(31)13-11-18-15(3)24-22-26-23(34-7)27-30(22)16(18)4/h10,12,14H,8-9,11,13H2,1-7H3,(H,25,31). The molecule has 3 aromatic rings. The van der Waals surface area contributed by atoms with E-state index in [1.807, 2.05) is 39.1 Å². The number of aryl methyl sites for hydroxylation is 2. The Kier molecular flexibility index (Phi) is 8.39. The Morgan fingerprint density at radius 2 is 1.83 bits per heavy atom. The van der Waals surface area contributed by atoms with E-state index in [-0.39, 0.29) is 17.2 Å². The van der Waals surface area contributed by atoms with E-state index in [1.54, 1.807) is 30.5 Å². The fourth-order valence-corrected chi connectivity index (χ4v) is 5.79. The van der Waals surface area contributed by atoms with Gasteiger partial charge in [0, 0.05) is 45.0 Å². The molecule has 0 aliphatic carbocycles. The topological polar surface area (TPSA) is 113 Å². The van der Waals surface area contributed by atoms with Gasteiger partial charge in [-0.25, -0.2) is 17.9 Å². The number of benzene rings is 1. The summed E-state index contributed by atoms with van der Waals surface area (Å²) >= 11 is 1.45. The molecule has 35 heavy (non-hydrogen) atoms. The van der Waals surface area contributed by atoms with Crippen molar-refractivity contribution in [2.75, 3.05) is 43.7 Å². The average molecular weight is 520 g/mol. The molecule has 0 radical (unpaired) electrons. The molecule has 190 valence electrons. The van der Waals surface area contributed by atoms with Crippen molar-refractivity contribution in [1.29, 1.82) is 0 Å². The number of amides is 1. The van der Waals surface area contributed by atoms with Gasteiger partial charge in [-0.2, -0.15) is 9.29 Å². The molecule has 2 heterocycles. The number of anilines is 2. The Morgan fingerprint density at radius 1 is 1.14 bits per heavy atom. The van der Waals surface area contributed by atoms with Gasteiger partial charge in [0.15, 0.2) is 0 Å². The summed E-state index contributed by atoms with van der Waals surface area (Å²) in [4.78, 5) is 23.9. The minimum absolute atomic E-state index is 0.152. The Labute approximate surface area is 211 Å². The minimum atomic E-state index is -3.65. The van der Waals surface area contributed by atoms with E-state index in [9.17, 15) is 13.2 Å². The van der Waals surface area contributed by atoms with Crippen LogP contribution in [0.3, 0.4) is 0 Å². The minimum Gasteiger partial charge on any atom is -0.376 e. The second kappa shape index (κ2) is 10.9. The van der Waals surface area contributed by atoms with Crippen LogP contribution in [0.4, 0.5) is 11.4 Å². The second-order valence-electron chi connectivity index (χ2n) is 8.28. The van der Waals surface area contributed by atoms with E-state index in [0.717, 1.165) is 22.6 Å². The van der Waals surface area contributed by atoms with Crippen molar-refractivity contribution in [1.82, 2.24) is 23.9 Å². The number of aromatic nitrogens is 4. The molecular formula is C23H33N7O3S2. The van der Waals surface area contributed by atoms with Gasteiger partial charge in [-0.1, -0.05) is 25.6 Å². The van der Waals surface area contributed by atoms with Gasteiger partial charge in [0.2, 0.25) is 21.1 Å². The lowest BCUT2D eigenvalue weighted by Gasteiger charge is -2.22. The summed E-state index contributed by atoms with van der Waals surface area (Å²) in [7, 11) is 0.0391. The molecule has 0 aliphatic rings. The third-order valence-electron chi connectivity index (χ3n) is 5.88. The highest BCUT2D eigenvalue weighted by molar-refractivity contribution is 7.98. The molecule has 0 saturated carbocycles. The summed E-state index contributed by atoms with van der Waals surface area (Å²) in [5, 5.41) is 8.02. The average Bonchev–Trinajstić information content (AvgIpc) is 3.22. The van der Waals surface area contributed by atoms with Crippen molar-refractivity contribution < 1.29 is 13.2 Å². The first-order chi connectivity index (χ1) is 16.5. The monoisotopic (exact) mass is 519 g/mol. The zero-order valence-electron chi connectivity index (χ0n) is 21.3. The molecule has 0 spiro atoms. The summed E-state index contributed by atoms with van der Waals surface area (Å²) in [6.45, 7) is 8.19. The fraction of sp³-hybridized carbons (Fsp3) is 0.478. The first-order valence-corrected chi connectivity index (χ1v) is 14.1. The molecule has 0 atom stereocenters. The molecule has 0 fully saturated rings. The summed E-state index contributed by atoms with van der Waals surface area (Å²) < 4.78 is 29.1. The van der Waals surface area contributed by atoms with Crippen LogP contribution >= 0.6 is 11.8 Å². The number of sulfonamides is 1. The predicted molar refractivity (Wildman–Crippen MR) is 140 cm³/mol. The molecular weight excluding hydrogens is 486 g/mol. The van der Waals surface area contributed by atoms with E-state index >= 15 is 0 Å². The van der Waals surface area contributed by atoms with Gasteiger partial charge >= 0.3 is 0 Å². The van der Waals surface area contributed by atoms with Crippen LogP contribution in [0, 0.1) is 13.8 Å². The van der Waals surface area contributed by atoms with Crippen molar-refractivity contribution in [3.05, 3.63) is 35.2 Å². The van der Waals surface area contributed by atoms with Crippen LogP contribution in [0.1, 0.15) is 37.2 Å². The van der Waals surface area contributed by atoms with Gasteiger partial charge in [-0.15, -0.1) is 5.10 Å². The highest BCUT2D eigenvalue weighted by atomic mass is 32.2. The lowest BCUT2D eigenvalue weighted by molar-refractivity contribution is -0.116. The quantitative estimate of drug-likeness (QED) is 0.407. The third-order valence-corrected chi connectivity index (χ3v) is 8.47. The van der Waals surface area contributed by atoms with Gasteiger partial charge in [-0.3, -0.25) is 4.79 Å². The Hall–Kier alpha value is -2.70. The van der Waals surface area contributed by atoms with Crippen LogP contribution in [0.25, 0.3) is 5.78 Å². The number of nitrogens with zero attached hydrogens (tertiary/aromatic N) is 6. The van der Waals surface area contributed by atoms with Gasteiger partial charge in [0.05, 0.1) is 16.3 Å². The number of thioether (sulfide) groups is 1. The number of carbonyl (C=O) groups is 1. The molecule has 2 aromatic heterocycles. The van der Waals surface area contributed by atoms with Crippen LogP contribution < -0.4 is 10.2 Å². The SMILES string of the molecule is CCN(CC)S(=O)(=O)c1ccc(N(C)C)c(NC(=O)CCc2c(C)nc3nc(SC)nn3c2C)c1. The molecule has 12 heteroatoms. The number of hydrogen-bond acceptors (Lipinski definition) is 8. The van der Waals surface area contributed by atoms with Crippen LogP contribution in [-0.2, 0) is 21.2 Å². The van der Waals surface area contributed by atoms with E-state index in [4.69, 9.17) is 0 Å². The van der Waals surface area contributed by atoms with Crippen LogP contribution in [0.5, 0.6) is 0 Å². The van der Waals surface area contributed by atoms with Crippen LogP contribution in [0.15, 0.2) is 28.3 Å². The number of nitrogens with one attached hydrogen (secondary N) is 1. The van der Waals surface area contributed by atoms with Gasteiger partial charge < -0.3 is 10.2 Å². The highest BCUT2D eigenvalue weighted by Crippen LogP contribution is 2.29. The van der Waals surface area contributed by atoms with E-state index in [1.165, 1.54) is 22.1 Å². The van der Waals surface area contributed by atoms with Crippen molar-refractivity contribution in [3.8, 4) is 0 Å². The molecule has 1 N–H and O–H groups in total. The normalized spacial score (nSPS) is 11.9. The lowest BCUT2D eigenvalue weighted by atomic mass is 10.1. The highest BCUT2D eigenvalue weighted by Gasteiger charge is 2.23. The third kappa shape index (κ3) is 5.60. The molecule has 1 amide bonds. The lowest BCUT2D eigenvalue weighted by Crippen LogP contribution is -2.30. The molecule has 3 rings (SSSR count). The summed E-state index contributed by atoms with van der Waals surface area (Å²) in [6, 6.07) is 4.82. The van der Waals surface area contributed by atoms with E-state index in [0.29, 0.717) is 36.1 Å². The van der Waals surface area contributed by atoms with Crippen molar-refractivity contribution in [2.24, 2.45) is 0 Å². The fourth-order valence-electron chi connectivity index (χ4n) is 3.97. The van der Waals surface area contributed by atoms with Crippen LogP contribution in [-0.4, -0.2) is 71.7 Å². The molecule has 0 saturated heterocycles. The summed E-state index contributed by atoms with van der Waals surface area (Å²) in [5.41, 5.74) is 3.82. The molecule has 0 bridgehead atoms. The van der Waals surface area contributed by atoms with Crippen molar-refractivity contribution in [3.63, 3.8) is 0 Å². The Bertz CT molecular complexity index is 1330. The van der Waals surface area contributed by atoms with Gasteiger partial charge in [-0.05, 0) is 50.3 Å². The molecule has 1 aromatic carbocycles.